The van der Waals surface area contributed by atoms with E-state index < -0.39 is 8.24 Å². The van der Waals surface area contributed by atoms with Crippen molar-refractivity contribution in [2.75, 3.05) is 0 Å². The number of aryl methyl sites for hydroxylation is 3. The first-order valence-electron chi connectivity index (χ1n) is 5.61. The predicted octanol–water partition coefficient (Wildman–Crippen LogP) is 3.54. The Morgan fingerprint density at radius 2 is 1.47 bits per heavy atom. The van der Waals surface area contributed by atoms with Crippen molar-refractivity contribution in [1.29, 1.82) is 0 Å². The molecule has 0 radical (unpaired) electrons. The van der Waals surface area contributed by atoms with Gasteiger partial charge in [-0.3, -0.25) is 0 Å². The van der Waals surface area contributed by atoms with E-state index in [2.05, 4.69) is 57.5 Å². The van der Waals surface area contributed by atoms with E-state index in [0.717, 1.165) is 6.54 Å². The number of rotatable bonds is 3. The molecule has 1 N–H and O–H groups in total. The van der Waals surface area contributed by atoms with Crippen LogP contribution in [0.5, 0.6) is 0 Å². The summed E-state index contributed by atoms with van der Waals surface area (Å²) in [6, 6.07) is 4.54. The van der Waals surface area contributed by atoms with Crippen molar-refractivity contribution < 1.29 is 0 Å². The van der Waals surface area contributed by atoms with E-state index in [0.29, 0.717) is 0 Å². The number of hydrogen-bond donors (Lipinski definition) is 1. The maximum absolute atomic E-state index is 3.68. The highest BCUT2D eigenvalue weighted by molar-refractivity contribution is 6.73. The SMILES string of the molecule is Cc1cc(C)c(CN[Si](C)(C)C)c(C)c1. The lowest BCUT2D eigenvalue weighted by atomic mass is 10.0. The van der Waals surface area contributed by atoms with Crippen LogP contribution in [0.4, 0.5) is 0 Å². The highest BCUT2D eigenvalue weighted by Gasteiger charge is 2.13. The molecule has 0 saturated heterocycles. The van der Waals surface area contributed by atoms with Crippen LogP contribution in [0.2, 0.25) is 19.6 Å². The largest absolute Gasteiger partial charge is 0.334 e. The van der Waals surface area contributed by atoms with E-state index in [1.165, 1.54) is 22.3 Å². The number of benzene rings is 1. The second kappa shape index (κ2) is 4.50. The van der Waals surface area contributed by atoms with E-state index in [1.54, 1.807) is 0 Å². The van der Waals surface area contributed by atoms with Gasteiger partial charge in [0.05, 0.1) is 0 Å². The van der Waals surface area contributed by atoms with Gasteiger partial charge in [-0.15, -0.1) is 0 Å². The molecule has 1 aromatic rings. The van der Waals surface area contributed by atoms with Crippen molar-refractivity contribution in [2.24, 2.45) is 0 Å². The van der Waals surface area contributed by atoms with Gasteiger partial charge >= 0.3 is 0 Å². The van der Waals surface area contributed by atoms with E-state index in [-0.39, 0.29) is 0 Å². The van der Waals surface area contributed by atoms with Crippen molar-refractivity contribution >= 4 is 8.24 Å². The molecule has 2 heteroatoms. The molecule has 0 aliphatic carbocycles. The summed E-state index contributed by atoms with van der Waals surface area (Å²) in [6.07, 6.45) is 0. The van der Waals surface area contributed by atoms with Crippen LogP contribution < -0.4 is 4.98 Å². The quantitative estimate of drug-likeness (QED) is 0.770. The third kappa shape index (κ3) is 3.80. The Labute approximate surface area is 95.0 Å². The highest BCUT2D eigenvalue weighted by atomic mass is 28.3. The van der Waals surface area contributed by atoms with Gasteiger partial charge in [0.15, 0.2) is 0 Å². The van der Waals surface area contributed by atoms with Crippen LogP contribution in [0.1, 0.15) is 22.3 Å². The van der Waals surface area contributed by atoms with Gasteiger partial charge in [0.2, 0.25) is 0 Å². The van der Waals surface area contributed by atoms with E-state index in [4.69, 9.17) is 0 Å². The van der Waals surface area contributed by atoms with Crippen molar-refractivity contribution in [2.45, 2.75) is 47.0 Å². The molecule has 0 amide bonds. The number of nitrogens with one attached hydrogen (secondary N) is 1. The first-order chi connectivity index (χ1) is 6.79. The molecule has 0 atom stereocenters. The zero-order chi connectivity index (χ0) is 11.6. The van der Waals surface area contributed by atoms with Gasteiger partial charge in [0.1, 0.15) is 8.24 Å². The van der Waals surface area contributed by atoms with E-state index in [1.807, 2.05) is 0 Å². The van der Waals surface area contributed by atoms with Crippen LogP contribution in [0.15, 0.2) is 12.1 Å². The van der Waals surface area contributed by atoms with Crippen LogP contribution >= 0.6 is 0 Å². The lowest BCUT2D eigenvalue weighted by Gasteiger charge is -2.20. The van der Waals surface area contributed by atoms with Gasteiger partial charge in [-0.05, 0) is 37.5 Å². The first-order valence-corrected chi connectivity index (χ1v) is 9.11. The maximum Gasteiger partial charge on any atom is 0.116 e. The van der Waals surface area contributed by atoms with Crippen LogP contribution in [0.3, 0.4) is 0 Å². The molecule has 0 aliphatic rings. The third-order valence-corrected chi connectivity index (χ3v) is 3.87. The molecule has 0 spiro atoms. The third-order valence-electron chi connectivity index (χ3n) is 2.64. The zero-order valence-corrected chi connectivity index (χ0v) is 11.9. The van der Waals surface area contributed by atoms with Crippen molar-refractivity contribution in [3.63, 3.8) is 0 Å². The van der Waals surface area contributed by atoms with Crippen molar-refractivity contribution in [3.05, 3.63) is 34.4 Å². The molecule has 0 fully saturated rings. The van der Waals surface area contributed by atoms with Crippen LogP contribution in [0, 0.1) is 20.8 Å². The molecule has 0 aliphatic heterocycles. The minimum Gasteiger partial charge on any atom is -0.334 e. The zero-order valence-electron chi connectivity index (χ0n) is 10.9. The second-order valence-corrected chi connectivity index (χ2v) is 10.3. The molecule has 0 heterocycles. The smallest absolute Gasteiger partial charge is 0.116 e. The molecule has 15 heavy (non-hydrogen) atoms. The predicted molar refractivity (Wildman–Crippen MR) is 70.8 cm³/mol. The summed E-state index contributed by atoms with van der Waals surface area (Å²) in [5, 5.41) is 0. The Bertz CT molecular complexity index is 327. The molecule has 0 unspecified atom stereocenters. The average molecular weight is 221 g/mol. The lowest BCUT2D eigenvalue weighted by molar-refractivity contribution is 0.894. The van der Waals surface area contributed by atoms with Gasteiger partial charge in [-0.1, -0.05) is 37.3 Å². The minimum absolute atomic E-state index is 1.02. The molecular weight excluding hydrogens is 198 g/mol. The van der Waals surface area contributed by atoms with Gasteiger partial charge in [-0.2, -0.15) is 0 Å². The second-order valence-electron chi connectivity index (χ2n) is 5.48. The molecule has 0 bridgehead atoms. The summed E-state index contributed by atoms with van der Waals surface area (Å²) in [4.78, 5) is 3.68. The summed E-state index contributed by atoms with van der Waals surface area (Å²) in [7, 11) is -1.15. The summed E-state index contributed by atoms with van der Waals surface area (Å²) in [5.41, 5.74) is 5.67. The normalized spacial score (nSPS) is 11.9. The van der Waals surface area contributed by atoms with E-state index in [9.17, 15) is 0 Å². The molecule has 1 rings (SSSR count). The summed E-state index contributed by atoms with van der Waals surface area (Å²) >= 11 is 0. The minimum atomic E-state index is -1.15. The molecule has 1 nitrogen and oxygen atoms in total. The first kappa shape index (κ1) is 12.5. The molecule has 1 aromatic carbocycles. The Balaban J connectivity index is 2.86. The fourth-order valence-corrected chi connectivity index (χ4v) is 2.55. The van der Waals surface area contributed by atoms with E-state index >= 15 is 0 Å². The average Bonchev–Trinajstić information content (AvgIpc) is 1.99. The fourth-order valence-electron chi connectivity index (χ4n) is 1.84. The van der Waals surface area contributed by atoms with Gasteiger partial charge in [0, 0.05) is 6.54 Å². The van der Waals surface area contributed by atoms with Gasteiger partial charge in [-0.25, -0.2) is 0 Å². The Kier molecular flexibility index (Phi) is 3.74. The molecule has 84 valence electrons. The van der Waals surface area contributed by atoms with Crippen LogP contribution in [-0.2, 0) is 6.54 Å². The summed E-state index contributed by atoms with van der Waals surface area (Å²) < 4.78 is 0. The van der Waals surface area contributed by atoms with Gasteiger partial charge in [0.25, 0.3) is 0 Å². The highest BCUT2D eigenvalue weighted by Crippen LogP contribution is 2.16. The summed E-state index contributed by atoms with van der Waals surface area (Å²) in [5.74, 6) is 0. The number of hydrogen-bond acceptors (Lipinski definition) is 1. The van der Waals surface area contributed by atoms with Crippen LogP contribution in [0.25, 0.3) is 0 Å². The van der Waals surface area contributed by atoms with Crippen LogP contribution in [-0.4, -0.2) is 8.24 Å². The van der Waals surface area contributed by atoms with Crippen molar-refractivity contribution in [1.82, 2.24) is 4.98 Å². The molecule has 0 saturated carbocycles. The topological polar surface area (TPSA) is 12.0 Å². The standard InChI is InChI=1S/C13H23NSi/c1-10-7-11(2)13(12(3)8-10)9-14-15(4,5)6/h7-8,14H,9H2,1-6H3. The lowest BCUT2D eigenvalue weighted by Crippen LogP contribution is -2.40. The Morgan fingerprint density at radius 3 is 1.87 bits per heavy atom. The molecule has 0 aromatic heterocycles. The Morgan fingerprint density at radius 1 is 1.00 bits per heavy atom. The fraction of sp³-hybridized carbons (Fsp3) is 0.538. The molecular formula is C13H23NSi. The monoisotopic (exact) mass is 221 g/mol. The maximum atomic E-state index is 3.68. The van der Waals surface area contributed by atoms with Gasteiger partial charge < -0.3 is 4.98 Å². The van der Waals surface area contributed by atoms with Crippen molar-refractivity contribution in [3.8, 4) is 0 Å². The Hall–Kier alpha value is -0.603. The summed E-state index contributed by atoms with van der Waals surface area (Å²) in [6.45, 7) is 14.6.